The van der Waals surface area contributed by atoms with Crippen molar-refractivity contribution in [3.8, 4) is 5.69 Å². The van der Waals surface area contributed by atoms with Gasteiger partial charge in [0.25, 0.3) is 0 Å². The SMILES string of the molecule is Cc1nnc(SCC(=O)O)n1-c1ccc(N(C)C)cc1. The van der Waals surface area contributed by atoms with E-state index in [2.05, 4.69) is 10.2 Å². The van der Waals surface area contributed by atoms with Crippen LogP contribution < -0.4 is 4.90 Å². The van der Waals surface area contributed by atoms with Crippen LogP contribution in [-0.2, 0) is 4.79 Å². The molecule has 106 valence electrons. The minimum absolute atomic E-state index is 0.0338. The number of aryl methyl sites for hydroxylation is 1. The van der Waals surface area contributed by atoms with E-state index in [1.807, 2.05) is 54.8 Å². The number of rotatable bonds is 5. The highest BCUT2D eigenvalue weighted by Crippen LogP contribution is 2.23. The summed E-state index contributed by atoms with van der Waals surface area (Å²) in [5, 5.41) is 17.4. The summed E-state index contributed by atoms with van der Waals surface area (Å²) in [5.74, 6) is -0.172. The number of aromatic nitrogens is 3. The lowest BCUT2D eigenvalue weighted by molar-refractivity contribution is -0.133. The van der Waals surface area contributed by atoms with Gasteiger partial charge in [0.05, 0.1) is 5.75 Å². The molecule has 0 unspecified atom stereocenters. The first-order valence-corrected chi connectivity index (χ1v) is 7.02. The highest BCUT2D eigenvalue weighted by Gasteiger charge is 2.12. The molecule has 2 rings (SSSR count). The van der Waals surface area contributed by atoms with Crippen molar-refractivity contribution in [1.29, 1.82) is 0 Å². The minimum Gasteiger partial charge on any atom is -0.481 e. The van der Waals surface area contributed by atoms with E-state index < -0.39 is 5.97 Å². The monoisotopic (exact) mass is 292 g/mol. The van der Waals surface area contributed by atoms with E-state index >= 15 is 0 Å². The third kappa shape index (κ3) is 3.11. The number of anilines is 1. The molecular weight excluding hydrogens is 276 g/mol. The number of carbonyl (C=O) groups is 1. The lowest BCUT2D eigenvalue weighted by atomic mass is 10.2. The Kier molecular flexibility index (Phi) is 4.29. The van der Waals surface area contributed by atoms with E-state index in [1.165, 1.54) is 0 Å². The molecule has 20 heavy (non-hydrogen) atoms. The lowest BCUT2D eigenvalue weighted by Crippen LogP contribution is -2.08. The van der Waals surface area contributed by atoms with Gasteiger partial charge in [-0.2, -0.15) is 0 Å². The number of hydrogen-bond donors (Lipinski definition) is 1. The van der Waals surface area contributed by atoms with E-state index in [9.17, 15) is 4.79 Å². The number of carboxylic acids is 1. The van der Waals surface area contributed by atoms with Gasteiger partial charge in [0.15, 0.2) is 5.16 Å². The summed E-state index contributed by atoms with van der Waals surface area (Å²) in [7, 11) is 3.96. The second-order valence-electron chi connectivity index (χ2n) is 4.46. The number of benzene rings is 1. The van der Waals surface area contributed by atoms with Gasteiger partial charge in [-0.25, -0.2) is 0 Å². The Labute approximate surface area is 121 Å². The first kappa shape index (κ1) is 14.4. The average Bonchev–Trinajstić information content (AvgIpc) is 2.77. The van der Waals surface area contributed by atoms with Crippen LogP contribution in [0.15, 0.2) is 29.4 Å². The maximum absolute atomic E-state index is 10.7. The zero-order chi connectivity index (χ0) is 14.7. The average molecular weight is 292 g/mol. The van der Waals surface area contributed by atoms with Crippen molar-refractivity contribution in [3.63, 3.8) is 0 Å². The van der Waals surface area contributed by atoms with E-state index in [1.54, 1.807) is 0 Å². The summed E-state index contributed by atoms with van der Waals surface area (Å²) >= 11 is 1.16. The quantitative estimate of drug-likeness (QED) is 0.848. The molecule has 0 bridgehead atoms. The van der Waals surface area contributed by atoms with Gasteiger partial charge in [-0.05, 0) is 31.2 Å². The van der Waals surface area contributed by atoms with Crippen LogP contribution in [0.3, 0.4) is 0 Å². The number of carboxylic acid groups (broad SMARTS) is 1. The third-order valence-corrected chi connectivity index (χ3v) is 3.66. The van der Waals surface area contributed by atoms with Crippen LogP contribution in [0, 0.1) is 6.92 Å². The van der Waals surface area contributed by atoms with Gasteiger partial charge in [0, 0.05) is 25.5 Å². The molecule has 0 aliphatic rings. The van der Waals surface area contributed by atoms with E-state index in [4.69, 9.17) is 5.11 Å². The summed E-state index contributed by atoms with van der Waals surface area (Å²) in [6.07, 6.45) is 0. The van der Waals surface area contributed by atoms with E-state index in [0.29, 0.717) is 5.16 Å². The molecule has 2 aromatic rings. The van der Waals surface area contributed by atoms with Crippen molar-refractivity contribution in [2.24, 2.45) is 0 Å². The fourth-order valence-electron chi connectivity index (χ4n) is 1.76. The smallest absolute Gasteiger partial charge is 0.313 e. The van der Waals surface area contributed by atoms with Crippen molar-refractivity contribution < 1.29 is 9.90 Å². The number of thioether (sulfide) groups is 1. The molecule has 0 atom stereocenters. The highest BCUT2D eigenvalue weighted by atomic mass is 32.2. The third-order valence-electron chi connectivity index (χ3n) is 2.74. The standard InChI is InChI=1S/C13H16N4O2S/c1-9-14-15-13(20-8-12(18)19)17(9)11-6-4-10(5-7-11)16(2)3/h4-7H,8H2,1-3H3,(H,18,19). The van der Waals surface area contributed by atoms with Crippen LogP contribution in [0.25, 0.3) is 5.69 Å². The Morgan fingerprint density at radius 3 is 2.50 bits per heavy atom. The van der Waals surface area contributed by atoms with Gasteiger partial charge >= 0.3 is 5.97 Å². The zero-order valence-electron chi connectivity index (χ0n) is 11.6. The Morgan fingerprint density at radius 1 is 1.30 bits per heavy atom. The molecule has 0 saturated heterocycles. The van der Waals surface area contributed by atoms with Crippen molar-refractivity contribution in [1.82, 2.24) is 14.8 Å². The molecule has 0 spiro atoms. The first-order valence-electron chi connectivity index (χ1n) is 6.03. The summed E-state index contributed by atoms with van der Waals surface area (Å²) in [5.41, 5.74) is 2.02. The molecule has 1 heterocycles. The molecule has 0 amide bonds. The molecule has 1 N–H and O–H groups in total. The molecule has 0 saturated carbocycles. The second-order valence-corrected chi connectivity index (χ2v) is 5.40. The summed E-state index contributed by atoms with van der Waals surface area (Å²) in [4.78, 5) is 12.7. The summed E-state index contributed by atoms with van der Waals surface area (Å²) < 4.78 is 1.85. The number of aliphatic carboxylic acids is 1. The highest BCUT2D eigenvalue weighted by molar-refractivity contribution is 7.99. The zero-order valence-corrected chi connectivity index (χ0v) is 12.4. The number of hydrogen-bond acceptors (Lipinski definition) is 5. The fraction of sp³-hybridized carbons (Fsp3) is 0.308. The fourth-order valence-corrected chi connectivity index (χ4v) is 2.48. The largest absolute Gasteiger partial charge is 0.481 e. The molecule has 7 heteroatoms. The number of nitrogens with zero attached hydrogens (tertiary/aromatic N) is 4. The molecule has 1 aromatic carbocycles. The van der Waals surface area contributed by atoms with Gasteiger partial charge < -0.3 is 10.0 Å². The van der Waals surface area contributed by atoms with Crippen molar-refractivity contribution in [2.45, 2.75) is 12.1 Å². The Morgan fingerprint density at radius 2 is 1.95 bits per heavy atom. The van der Waals surface area contributed by atoms with Gasteiger partial charge in [0.2, 0.25) is 0 Å². The second kappa shape index (κ2) is 5.96. The van der Waals surface area contributed by atoms with Gasteiger partial charge in [-0.1, -0.05) is 11.8 Å². The van der Waals surface area contributed by atoms with Crippen LogP contribution in [0.5, 0.6) is 0 Å². The van der Waals surface area contributed by atoms with Crippen molar-refractivity contribution >= 4 is 23.4 Å². The molecule has 0 aliphatic heterocycles. The Bertz CT molecular complexity index is 607. The van der Waals surface area contributed by atoms with Crippen LogP contribution in [0.4, 0.5) is 5.69 Å². The molecule has 0 aliphatic carbocycles. The normalized spacial score (nSPS) is 10.6. The van der Waals surface area contributed by atoms with Gasteiger partial charge in [-0.3, -0.25) is 9.36 Å². The molecule has 1 aromatic heterocycles. The van der Waals surface area contributed by atoms with Crippen molar-refractivity contribution in [3.05, 3.63) is 30.1 Å². The van der Waals surface area contributed by atoms with Gasteiger partial charge in [0.1, 0.15) is 5.82 Å². The van der Waals surface area contributed by atoms with Crippen LogP contribution >= 0.6 is 11.8 Å². The topological polar surface area (TPSA) is 71.2 Å². The van der Waals surface area contributed by atoms with E-state index in [-0.39, 0.29) is 5.75 Å². The lowest BCUT2D eigenvalue weighted by Gasteiger charge is -2.14. The minimum atomic E-state index is -0.870. The van der Waals surface area contributed by atoms with Crippen molar-refractivity contribution in [2.75, 3.05) is 24.7 Å². The molecular formula is C13H16N4O2S. The summed E-state index contributed by atoms with van der Waals surface area (Å²) in [6.45, 7) is 1.84. The van der Waals surface area contributed by atoms with Gasteiger partial charge in [-0.15, -0.1) is 10.2 Å². The van der Waals surface area contributed by atoms with Crippen LogP contribution in [0.1, 0.15) is 5.82 Å². The first-order chi connectivity index (χ1) is 9.49. The molecule has 0 fully saturated rings. The predicted molar refractivity (Wildman–Crippen MR) is 78.8 cm³/mol. The predicted octanol–water partition coefficient (Wildman–Crippen LogP) is 1.82. The Hall–Kier alpha value is -2.02. The maximum Gasteiger partial charge on any atom is 0.313 e. The summed E-state index contributed by atoms with van der Waals surface area (Å²) in [6, 6.07) is 7.94. The maximum atomic E-state index is 10.7. The molecule has 6 nitrogen and oxygen atoms in total. The van der Waals surface area contributed by atoms with Crippen LogP contribution in [0.2, 0.25) is 0 Å². The Balaban J connectivity index is 2.31. The van der Waals surface area contributed by atoms with Crippen LogP contribution in [-0.4, -0.2) is 45.7 Å². The molecule has 0 radical (unpaired) electrons. The van der Waals surface area contributed by atoms with E-state index in [0.717, 1.165) is 29.0 Å².